The van der Waals surface area contributed by atoms with Crippen molar-refractivity contribution in [3.8, 4) is 5.75 Å². The van der Waals surface area contributed by atoms with Gasteiger partial charge in [0.2, 0.25) is 0 Å². The summed E-state index contributed by atoms with van der Waals surface area (Å²) in [5.41, 5.74) is 1.45. The SMILES string of the molecule is CCOC(=O)c1cc(Cl)c(OCc2cccc3ccccc23)c(Br)c1. The summed E-state index contributed by atoms with van der Waals surface area (Å²) in [6, 6.07) is 17.4. The first-order valence-electron chi connectivity index (χ1n) is 7.85. The van der Waals surface area contributed by atoms with Gasteiger partial charge in [0, 0.05) is 0 Å². The molecule has 0 saturated carbocycles. The van der Waals surface area contributed by atoms with Crippen molar-refractivity contribution < 1.29 is 14.3 Å². The fraction of sp³-hybridized carbons (Fsp3) is 0.150. The molecule has 0 aliphatic carbocycles. The van der Waals surface area contributed by atoms with Crippen molar-refractivity contribution in [2.24, 2.45) is 0 Å². The number of hydrogen-bond donors (Lipinski definition) is 0. The van der Waals surface area contributed by atoms with Crippen LogP contribution in [-0.4, -0.2) is 12.6 Å². The average molecular weight is 420 g/mol. The third-order valence-electron chi connectivity index (χ3n) is 3.76. The van der Waals surface area contributed by atoms with Crippen LogP contribution in [0.4, 0.5) is 0 Å². The van der Waals surface area contributed by atoms with E-state index in [4.69, 9.17) is 21.1 Å². The first-order chi connectivity index (χ1) is 12.1. The molecule has 25 heavy (non-hydrogen) atoms. The highest BCUT2D eigenvalue weighted by Crippen LogP contribution is 2.35. The van der Waals surface area contributed by atoms with Gasteiger partial charge in [-0.1, -0.05) is 54.1 Å². The number of ether oxygens (including phenoxy) is 2. The number of fused-ring (bicyclic) bond motifs is 1. The van der Waals surface area contributed by atoms with Crippen molar-refractivity contribution >= 4 is 44.3 Å². The van der Waals surface area contributed by atoms with Gasteiger partial charge in [0.25, 0.3) is 0 Å². The van der Waals surface area contributed by atoms with E-state index in [1.54, 1.807) is 19.1 Å². The summed E-state index contributed by atoms with van der Waals surface area (Å²) in [4.78, 5) is 11.8. The quantitative estimate of drug-likeness (QED) is 0.475. The largest absolute Gasteiger partial charge is 0.486 e. The Morgan fingerprint density at radius 2 is 1.88 bits per heavy atom. The minimum Gasteiger partial charge on any atom is -0.486 e. The molecule has 0 unspecified atom stereocenters. The number of esters is 1. The van der Waals surface area contributed by atoms with Crippen LogP contribution in [0.15, 0.2) is 59.1 Å². The third kappa shape index (κ3) is 3.97. The van der Waals surface area contributed by atoms with Crippen LogP contribution in [0, 0.1) is 0 Å². The van der Waals surface area contributed by atoms with Gasteiger partial charge in [-0.2, -0.15) is 0 Å². The minimum atomic E-state index is -0.411. The molecule has 3 aromatic rings. The lowest BCUT2D eigenvalue weighted by Crippen LogP contribution is -2.05. The van der Waals surface area contributed by atoms with Gasteiger partial charge in [0.05, 0.1) is 21.7 Å². The maximum Gasteiger partial charge on any atom is 0.338 e. The van der Waals surface area contributed by atoms with Crippen molar-refractivity contribution in [3.05, 3.63) is 75.2 Å². The smallest absolute Gasteiger partial charge is 0.338 e. The zero-order valence-corrected chi connectivity index (χ0v) is 15.9. The number of hydrogen-bond acceptors (Lipinski definition) is 3. The lowest BCUT2D eigenvalue weighted by Gasteiger charge is -2.13. The highest BCUT2D eigenvalue weighted by Gasteiger charge is 2.15. The van der Waals surface area contributed by atoms with Gasteiger partial charge >= 0.3 is 5.97 Å². The number of carbonyl (C=O) groups excluding carboxylic acids is 1. The molecule has 0 radical (unpaired) electrons. The molecular formula is C20H16BrClO3. The summed E-state index contributed by atoms with van der Waals surface area (Å²) in [6.07, 6.45) is 0. The monoisotopic (exact) mass is 418 g/mol. The van der Waals surface area contributed by atoms with E-state index in [9.17, 15) is 4.79 Å². The fourth-order valence-electron chi connectivity index (χ4n) is 2.60. The van der Waals surface area contributed by atoms with Gasteiger partial charge in [0.1, 0.15) is 6.61 Å². The normalized spacial score (nSPS) is 10.7. The Bertz CT molecular complexity index is 895. The average Bonchev–Trinajstić information content (AvgIpc) is 2.61. The molecule has 3 rings (SSSR count). The van der Waals surface area contributed by atoms with Gasteiger partial charge in [0.15, 0.2) is 5.75 Å². The molecule has 3 aromatic carbocycles. The molecule has 3 nitrogen and oxygen atoms in total. The molecule has 0 aliphatic rings. The summed E-state index contributed by atoms with van der Waals surface area (Å²) in [7, 11) is 0. The number of halogens is 2. The number of rotatable bonds is 5. The second-order valence-electron chi connectivity index (χ2n) is 5.42. The predicted molar refractivity (Wildman–Crippen MR) is 103 cm³/mol. The lowest BCUT2D eigenvalue weighted by atomic mass is 10.1. The van der Waals surface area contributed by atoms with Gasteiger partial charge in [-0.05, 0) is 51.3 Å². The van der Waals surface area contributed by atoms with E-state index < -0.39 is 5.97 Å². The third-order valence-corrected chi connectivity index (χ3v) is 4.63. The zero-order chi connectivity index (χ0) is 17.8. The maximum absolute atomic E-state index is 11.8. The number of benzene rings is 3. The Morgan fingerprint density at radius 3 is 2.64 bits per heavy atom. The predicted octanol–water partition coefficient (Wildman–Crippen LogP) is 6.01. The van der Waals surface area contributed by atoms with Gasteiger partial charge in [-0.15, -0.1) is 0 Å². The van der Waals surface area contributed by atoms with Crippen LogP contribution in [0.25, 0.3) is 10.8 Å². The second-order valence-corrected chi connectivity index (χ2v) is 6.68. The lowest BCUT2D eigenvalue weighted by molar-refractivity contribution is 0.0526. The molecule has 128 valence electrons. The molecule has 0 saturated heterocycles. The molecular weight excluding hydrogens is 404 g/mol. The van der Waals surface area contributed by atoms with Gasteiger partial charge in [-0.25, -0.2) is 4.79 Å². The van der Waals surface area contributed by atoms with Crippen LogP contribution < -0.4 is 4.74 Å². The maximum atomic E-state index is 11.8. The Morgan fingerprint density at radius 1 is 1.12 bits per heavy atom. The number of carbonyl (C=O) groups is 1. The van der Waals surface area contributed by atoms with Crippen LogP contribution >= 0.6 is 27.5 Å². The van der Waals surface area contributed by atoms with E-state index in [1.807, 2.05) is 24.3 Å². The molecule has 0 bridgehead atoms. The summed E-state index contributed by atoms with van der Waals surface area (Å²) in [5, 5.41) is 2.66. The molecule has 0 spiro atoms. The van der Waals surface area contributed by atoms with Crippen molar-refractivity contribution in [1.82, 2.24) is 0 Å². The summed E-state index contributed by atoms with van der Waals surface area (Å²) < 4.78 is 11.5. The molecule has 0 fully saturated rings. The molecule has 0 atom stereocenters. The van der Waals surface area contributed by atoms with Crippen molar-refractivity contribution in [2.75, 3.05) is 6.61 Å². The summed E-state index contributed by atoms with van der Waals surface area (Å²) in [5.74, 6) is 0.0911. The van der Waals surface area contributed by atoms with Gasteiger partial charge in [-0.3, -0.25) is 0 Å². The highest BCUT2D eigenvalue weighted by atomic mass is 79.9. The van der Waals surface area contributed by atoms with Crippen LogP contribution in [0.3, 0.4) is 0 Å². The van der Waals surface area contributed by atoms with Crippen LogP contribution in [-0.2, 0) is 11.3 Å². The van der Waals surface area contributed by atoms with Crippen molar-refractivity contribution in [3.63, 3.8) is 0 Å². The minimum absolute atomic E-state index is 0.313. The standard InChI is InChI=1S/C20H16BrClO3/c1-2-24-20(23)15-10-17(21)19(18(22)11-15)25-12-14-8-5-7-13-6-3-4-9-16(13)14/h3-11H,2,12H2,1H3. The first kappa shape index (κ1) is 17.8. The second kappa shape index (κ2) is 7.89. The van der Waals surface area contributed by atoms with Crippen LogP contribution in [0.1, 0.15) is 22.8 Å². The highest BCUT2D eigenvalue weighted by molar-refractivity contribution is 9.10. The van der Waals surface area contributed by atoms with E-state index in [0.717, 1.165) is 16.3 Å². The zero-order valence-electron chi connectivity index (χ0n) is 13.6. The Balaban J connectivity index is 1.84. The van der Waals surface area contributed by atoms with Crippen LogP contribution in [0.5, 0.6) is 5.75 Å². The van der Waals surface area contributed by atoms with E-state index in [1.165, 1.54) is 0 Å². The first-order valence-corrected chi connectivity index (χ1v) is 9.03. The Labute approximate surface area is 159 Å². The summed E-state index contributed by atoms with van der Waals surface area (Å²) in [6.45, 7) is 2.45. The van der Waals surface area contributed by atoms with E-state index >= 15 is 0 Å². The van der Waals surface area contributed by atoms with E-state index in [2.05, 4.69) is 34.1 Å². The molecule has 5 heteroatoms. The molecule has 0 amide bonds. The molecule has 0 aliphatic heterocycles. The molecule has 0 heterocycles. The fourth-order valence-corrected chi connectivity index (χ4v) is 3.56. The molecule has 0 N–H and O–H groups in total. The van der Waals surface area contributed by atoms with Crippen molar-refractivity contribution in [1.29, 1.82) is 0 Å². The topological polar surface area (TPSA) is 35.5 Å². The van der Waals surface area contributed by atoms with Crippen LogP contribution in [0.2, 0.25) is 5.02 Å². The molecule has 0 aromatic heterocycles. The van der Waals surface area contributed by atoms with E-state index in [0.29, 0.717) is 34.0 Å². The van der Waals surface area contributed by atoms with E-state index in [-0.39, 0.29) is 0 Å². The van der Waals surface area contributed by atoms with Gasteiger partial charge < -0.3 is 9.47 Å². The Hall–Kier alpha value is -2.04. The summed E-state index contributed by atoms with van der Waals surface area (Å²) >= 11 is 9.72. The van der Waals surface area contributed by atoms with Crippen molar-refractivity contribution in [2.45, 2.75) is 13.5 Å². The Kier molecular flexibility index (Phi) is 5.61.